The lowest BCUT2D eigenvalue weighted by atomic mass is 9.75. The van der Waals surface area contributed by atoms with Gasteiger partial charge in [0.1, 0.15) is 0 Å². The average molecular weight is 320 g/mol. The fourth-order valence-corrected chi connectivity index (χ4v) is 5.34. The van der Waals surface area contributed by atoms with Crippen molar-refractivity contribution in [3.8, 4) is 0 Å². The van der Waals surface area contributed by atoms with Gasteiger partial charge in [-0.3, -0.25) is 4.98 Å². The zero-order chi connectivity index (χ0) is 16.6. The SMILES string of the molecule is Cc1ncc(C(C)C)c2c1[C@H](C)S[C@H](C)[C@H](C)CC2C(C)C. The van der Waals surface area contributed by atoms with Gasteiger partial charge in [0.05, 0.1) is 0 Å². The summed E-state index contributed by atoms with van der Waals surface area (Å²) in [6.07, 6.45) is 3.45. The Bertz CT molecular complexity index is 521. The van der Waals surface area contributed by atoms with Crippen LogP contribution in [0.3, 0.4) is 0 Å². The van der Waals surface area contributed by atoms with Gasteiger partial charge in [-0.2, -0.15) is 11.8 Å². The molecule has 0 radical (unpaired) electrons. The number of rotatable bonds is 2. The fourth-order valence-electron chi connectivity index (χ4n) is 3.88. The molecule has 124 valence electrons. The van der Waals surface area contributed by atoms with E-state index in [0.717, 1.165) is 5.92 Å². The van der Waals surface area contributed by atoms with Crippen LogP contribution in [0.25, 0.3) is 0 Å². The van der Waals surface area contributed by atoms with Crippen molar-refractivity contribution in [2.24, 2.45) is 11.8 Å². The largest absolute Gasteiger partial charge is 0.261 e. The van der Waals surface area contributed by atoms with E-state index in [1.807, 2.05) is 0 Å². The summed E-state index contributed by atoms with van der Waals surface area (Å²) in [5.74, 6) is 2.66. The average Bonchev–Trinajstić information content (AvgIpc) is 2.41. The van der Waals surface area contributed by atoms with Crippen molar-refractivity contribution in [3.05, 3.63) is 28.6 Å². The highest BCUT2D eigenvalue weighted by atomic mass is 32.2. The number of fused-ring (bicyclic) bond motifs is 1. The molecule has 22 heavy (non-hydrogen) atoms. The Balaban J connectivity index is 2.70. The molecule has 1 aromatic rings. The molecule has 1 aromatic heterocycles. The second kappa shape index (κ2) is 6.95. The van der Waals surface area contributed by atoms with E-state index in [1.54, 1.807) is 5.56 Å². The zero-order valence-corrected chi connectivity index (χ0v) is 16.4. The van der Waals surface area contributed by atoms with Gasteiger partial charge in [0.2, 0.25) is 0 Å². The molecule has 2 heteroatoms. The molecule has 0 N–H and O–H groups in total. The number of hydrogen-bond acceptors (Lipinski definition) is 2. The van der Waals surface area contributed by atoms with Crippen LogP contribution in [0.15, 0.2) is 6.20 Å². The van der Waals surface area contributed by atoms with Crippen molar-refractivity contribution in [1.82, 2.24) is 4.98 Å². The van der Waals surface area contributed by atoms with Crippen LogP contribution in [0.5, 0.6) is 0 Å². The molecule has 0 saturated heterocycles. The number of aromatic nitrogens is 1. The molecule has 0 fully saturated rings. The van der Waals surface area contributed by atoms with Gasteiger partial charge in [-0.05, 0) is 60.6 Å². The Morgan fingerprint density at radius 2 is 1.73 bits per heavy atom. The monoisotopic (exact) mass is 319 g/mol. The third-order valence-electron chi connectivity index (χ3n) is 5.44. The maximum Gasteiger partial charge on any atom is 0.0418 e. The summed E-state index contributed by atoms with van der Waals surface area (Å²) >= 11 is 2.13. The Kier molecular flexibility index (Phi) is 5.63. The maximum absolute atomic E-state index is 4.76. The van der Waals surface area contributed by atoms with Gasteiger partial charge < -0.3 is 0 Å². The normalized spacial score (nSPS) is 29.4. The van der Waals surface area contributed by atoms with Crippen molar-refractivity contribution in [3.63, 3.8) is 0 Å². The van der Waals surface area contributed by atoms with Crippen LogP contribution in [0.4, 0.5) is 0 Å². The molecule has 0 amide bonds. The van der Waals surface area contributed by atoms with Gasteiger partial charge in [0.25, 0.3) is 0 Å². The summed E-state index contributed by atoms with van der Waals surface area (Å²) in [5, 5.41) is 1.26. The molecule has 0 aliphatic carbocycles. The molecule has 0 aromatic carbocycles. The highest BCUT2D eigenvalue weighted by Gasteiger charge is 2.33. The van der Waals surface area contributed by atoms with Gasteiger partial charge in [0, 0.05) is 22.4 Å². The molecule has 1 unspecified atom stereocenters. The summed E-state index contributed by atoms with van der Waals surface area (Å²) in [6.45, 7) is 18.8. The van der Waals surface area contributed by atoms with Crippen molar-refractivity contribution in [2.45, 2.75) is 84.1 Å². The molecular formula is C20H33NS. The summed E-state index contributed by atoms with van der Waals surface area (Å²) in [6, 6.07) is 0. The topological polar surface area (TPSA) is 12.9 Å². The molecule has 2 heterocycles. The van der Waals surface area contributed by atoms with Crippen LogP contribution in [-0.2, 0) is 0 Å². The molecule has 0 spiro atoms. The van der Waals surface area contributed by atoms with Crippen LogP contribution in [-0.4, -0.2) is 10.2 Å². The first kappa shape index (κ1) is 17.8. The fraction of sp³-hybridized carbons (Fsp3) is 0.750. The van der Waals surface area contributed by atoms with Gasteiger partial charge in [-0.25, -0.2) is 0 Å². The third kappa shape index (κ3) is 3.37. The standard InChI is InChI=1S/C20H33NS/c1-11(2)17-9-13(5)15(7)22-16(8)19-14(6)21-10-18(12(3)4)20(17)19/h10-13,15-17H,9H2,1-8H3/t13-,15-,16+,17?/m1/s1. The molecule has 1 aliphatic heterocycles. The Labute approximate surface area is 141 Å². The minimum Gasteiger partial charge on any atom is -0.261 e. The molecular weight excluding hydrogens is 286 g/mol. The Hall–Kier alpha value is -0.500. The minimum absolute atomic E-state index is 0.542. The van der Waals surface area contributed by atoms with Crippen LogP contribution >= 0.6 is 11.8 Å². The lowest BCUT2D eigenvalue weighted by Crippen LogP contribution is -2.24. The maximum atomic E-state index is 4.76. The van der Waals surface area contributed by atoms with E-state index in [0.29, 0.717) is 28.3 Å². The van der Waals surface area contributed by atoms with E-state index in [-0.39, 0.29) is 0 Å². The number of thioether (sulfide) groups is 1. The van der Waals surface area contributed by atoms with E-state index in [9.17, 15) is 0 Å². The van der Waals surface area contributed by atoms with Crippen LogP contribution in [0, 0.1) is 18.8 Å². The number of hydrogen-bond donors (Lipinski definition) is 0. The number of pyridine rings is 1. The number of nitrogens with zero attached hydrogens (tertiary/aromatic N) is 1. The smallest absolute Gasteiger partial charge is 0.0418 e. The predicted octanol–water partition coefficient (Wildman–Crippen LogP) is 6.48. The molecule has 2 rings (SSSR count). The van der Waals surface area contributed by atoms with Crippen LogP contribution in [0.2, 0.25) is 0 Å². The second-order valence-corrected chi connectivity index (χ2v) is 9.55. The summed E-state index contributed by atoms with van der Waals surface area (Å²) in [5.41, 5.74) is 5.89. The van der Waals surface area contributed by atoms with E-state index < -0.39 is 0 Å². The molecule has 1 aliphatic rings. The first-order chi connectivity index (χ1) is 10.2. The highest BCUT2D eigenvalue weighted by Crippen LogP contribution is 2.48. The van der Waals surface area contributed by atoms with E-state index in [2.05, 4.69) is 73.3 Å². The quantitative estimate of drug-likeness (QED) is 0.619. The van der Waals surface area contributed by atoms with E-state index in [1.165, 1.54) is 23.2 Å². The first-order valence-corrected chi connectivity index (χ1v) is 9.83. The lowest BCUT2D eigenvalue weighted by molar-refractivity contribution is 0.381. The van der Waals surface area contributed by atoms with Crippen LogP contribution in [0.1, 0.15) is 94.4 Å². The first-order valence-electron chi connectivity index (χ1n) is 8.88. The van der Waals surface area contributed by atoms with Gasteiger partial charge in [-0.15, -0.1) is 0 Å². The summed E-state index contributed by atoms with van der Waals surface area (Å²) in [7, 11) is 0. The highest BCUT2D eigenvalue weighted by molar-refractivity contribution is 8.00. The van der Waals surface area contributed by atoms with Gasteiger partial charge in [-0.1, -0.05) is 41.5 Å². The molecule has 4 atom stereocenters. The summed E-state index contributed by atoms with van der Waals surface area (Å²) in [4.78, 5) is 4.76. The number of aryl methyl sites for hydroxylation is 1. The predicted molar refractivity (Wildman–Crippen MR) is 99.9 cm³/mol. The van der Waals surface area contributed by atoms with Crippen molar-refractivity contribution in [2.75, 3.05) is 0 Å². The molecule has 0 saturated carbocycles. The van der Waals surface area contributed by atoms with E-state index >= 15 is 0 Å². The third-order valence-corrected chi connectivity index (χ3v) is 6.98. The second-order valence-electron chi connectivity index (χ2n) is 7.83. The van der Waals surface area contributed by atoms with E-state index in [4.69, 9.17) is 4.98 Å². The minimum atomic E-state index is 0.542. The van der Waals surface area contributed by atoms with Gasteiger partial charge >= 0.3 is 0 Å². The summed E-state index contributed by atoms with van der Waals surface area (Å²) < 4.78 is 0. The van der Waals surface area contributed by atoms with Crippen molar-refractivity contribution in [1.29, 1.82) is 0 Å². The lowest BCUT2D eigenvalue weighted by Gasteiger charge is -2.37. The van der Waals surface area contributed by atoms with Crippen LogP contribution < -0.4 is 0 Å². The molecule has 0 bridgehead atoms. The Morgan fingerprint density at radius 1 is 1.09 bits per heavy atom. The van der Waals surface area contributed by atoms with Crippen molar-refractivity contribution < 1.29 is 0 Å². The van der Waals surface area contributed by atoms with Gasteiger partial charge in [0.15, 0.2) is 0 Å². The Morgan fingerprint density at radius 3 is 2.27 bits per heavy atom. The zero-order valence-electron chi connectivity index (χ0n) is 15.6. The van der Waals surface area contributed by atoms with Crippen molar-refractivity contribution >= 4 is 11.8 Å². The molecule has 1 nitrogen and oxygen atoms in total.